The van der Waals surface area contributed by atoms with Gasteiger partial charge in [-0.25, -0.2) is 0 Å². The van der Waals surface area contributed by atoms with Crippen LogP contribution < -0.4 is 10.1 Å². The van der Waals surface area contributed by atoms with Crippen LogP contribution >= 0.6 is 11.6 Å². The number of hydrogen-bond donors (Lipinski definition) is 2. The number of benzene rings is 2. The van der Waals surface area contributed by atoms with Crippen molar-refractivity contribution in [3.05, 3.63) is 58.6 Å². The number of carbonyl (C=O) groups excluding carboxylic acids is 1. The number of rotatable bonds is 5. The van der Waals surface area contributed by atoms with Gasteiger partial charge in [0.25, 0.3) is 5.91 Å². The fourth-order valence-corrected chi connectivity index (χ4v) is 2.10. The molecule has 21 heavy (non-hydrogen) atoms. The molecule has 2 N–H and O–H groups in total. The van der Waals surface area contributed by atoms with E-state index in [1.807, 2.05) is 31.2 Å². The average molecular weight is 306 g/mol. The van der Waals surface area contributed by atoms with E-state index in [1.54, 1.807) is 18.2 Å². The molecule has 0 spiro atoms. The number of aryl methyl sites for hydroxylation is 1. The number of aliphatic hydroxyl groups is 1. The maximum absolute atomic E-state index is 11.9. The van der Waals surface area contributed by atoms with E-state index in [1.165, 1.54) is 0 Å². The highest BCUT2D eigenvalue weighted by atomic mass is 35.5. The maximum Gasteiger partial charge on any atom is 0.262 e. The van der Waals surface area contributed by atoms with Gasteiger partial charge in [0.1, 0.15) is 5.75 Å². The zero-order valence-electron chi connectivity index (χ0n) is 11.6. The number of hydrogen-bond acceptors (Lipinski definition) is 3. The van der Waals surface area contributed by atoms with E-state index in [9.17, 15) is 9.90 Å². The van der Waals surface area contributed by atoms with Crippen LogP contribution in [-0.2, 0) is 11.4 Å². The number of ether oxygens (including phenoxy) is 1. The van der Waals surface area contributed by atoms with Crippen LogP contribution in [0.3, 0.4) is 0 Å². The second-order valence-electron chi connectivity index (χ2n) is 4.53. The third-order valence-electron chi connectivity index (χ3n) is 3.01. The van der Waals surface area contributed by atoms with E-state index in [0.717, 1.165) is 11.3 Å². The number of aliphatic hydroxyl groups excluding tert-OH is 1. The van der Waals surface area contributed by atoms with Gasteiger partial charge in [-0.15, -0.1) is 0 Å². The first-order chi connectivity index (χ1) is 10.1. The molecule has 110 valence electrons. The molecule has 2 aromatic carbocycles. The Balaban J connectivity index is 1.99. The molecule has 0 radical (unpaired) electrons. The first-order valence-electron chi connectivity index (χ1n) is 6.48. The monoisotopic (exact) mass is 305 g/mol. The van der Waals surface area contributed by atoms with Crippen molar-refractivity contribution in [2.75, 3.05) is 11.9 Å². The van der Waals surface area contributed by atoms with E-state index in [0.29, 0.717) is 16.3 Å². The Hall–Kier alpha value is -2.04. The Kier molecular flexibility index (Phi) is 5.20. The lowest BCUT2D eigenvalue weighted by atomic mass is 10.2. The minimum absolute atomic E-state index is 0.151. The van der Waals surface area contributed by atoms with Gasteiger partial charge in [-0.1, -0.05) is 35.9 Å². The summed E-state index contributed by atoms with van der Waals surface area (Å²) < 4.78 is 5.43. The Morgan fingerprint density at radius 1 is 1.24 bits per heavy atom. The van der Waals surface area contributed by atoms with Gasteiger partial charge in [0, 0.05) is 16.3 Å². The number of nitrogens with one attached hydrogen (secondary N) is 1. The lowest BCUT2D eigenvalue weighted by molar-refractivity contribution is -0.118. The van der Waals surface area contributed by atoms with Crippen molar-refractivity contribution in [2.24, 2.45) is 0 Å². The Labute approximate surface area is 128 Å². The predicted molar refractivity (Wildman–Crippen MR) is 82.7 cm³/mol. The largest absolute Gasteiger partial charge is 0.483 e. The second-order valence-corrected chi connectivity index (χ2v) is 4.93. The quantitative estimate of drug-likeness (QED) is 0.892. The fraction of sp³-hybridized carbons (Fsp3) is 0.188. The summed E-state index contributed by atoms with van der Waals surface area (Å²) in [6, 6.07) is 12.5. The summed E-state index contributed by atoms with van der Waals surface area (Å²) in [4.78, 5) is 11.9. The van der Waals surface area contributed by atoms with Crippen LogP contribution in [0.15, 0.2) is 42.5 Å². The van der Waals surface area contributed by atoms with Crippen LogP contribution in [0.1, 0.15) is 11.1 Å². The van der Waals surface area contributed by atoms with Crippen molar-refractivity contribution >= 4 is 23.2 Å². The molecule has 2 aromatic rings. The summed E-state index contributed by atoms with van der Waals surface area (Å²) in [5.41, 5.74) is 2.20. The van der Waals surface area contributed by atoms with E-state index in [2.05, 4.69) is 5.32 Å². The molecular weight excluding hydrogens is 290 g/mol. The highest BCUT2D eigenvalue weighted by molar-refractivity contribution is 6.31. The number of anilines is 1. The molecule has 0 aliphatic carbocycles. The molecule has 4 nitrogen and oxygen atoms in total. The first-order valence-corrected chi connectivity index (χ1v) is 6.86. The van der Waals surface area contributed by atoms with Crippen molar-refractivity contribution in [1.29, 1.82) is 0 Å². The Morgan fingerprint density at radius 3 is 2.71 bits per heavy atom. The third kappa shape index (κ3) is 3.97. The molecule has 0 aliphatic heterocycles. The molecule has 0 fully saturated rings. The molecule has 0 bridgehead atoms. The summed E-state index contributed by atoms with van der Waals surface area (Å²) >= 11 is 5.95. The highest BCUT2D eigenvalue weighted by Gasteiger charge is 2.10. The fourth-order valence-electron chi connectivity index (χ4n) is 1.87. The van der Waals surface area contributed by atoms with Crippen LogP contribution in [0.5, 0.6) is 5.75 Å². The van der Waals surface area contributed by atoms with Crippen molar-refractivity contribution in [1.82, 2.24) is 0 Å². The normalized spacial score (nSPS) is 10.2. The Morgan fingerprint density at radius 2 is 2.00 bits per heavy atom. The maximum atomic E-state index is 11.9. The van der Waals surface area contributed by atoms with Crippen LogP contribution in [0.25, 0.3) is 0 Å². The van der Waals surface area contributed by atoms with Gasteiger partial charge in [-0.2, -0.15) is 0 Å². The van der Waals surface area contributed by atoms with E-state index >= 15 is 0 Å². The van der Waals surface area contributed by atoms with Crippen molar-refractivity contribution in [3.63, 3.8) is 0 Å². The lowest BCUT2D eigenvalue weighted by Gasteiger charge is -2.12. The molecule has 0 aromatic heterocycles. The molecule has 0 heterocycles. The lowest BCUT2D eigenvalue weighted by Crippen LogP contribution is -2.21. The molecule has 0 atom stereocenters. The zero-order chi connectivity index (χ0) is 15.2. The summed E-state index contributed by atoms with van der Waals surface area (Å²) in [7, 11) is 0. The van der Waals surface area contributed by atoms with Crippen molar-refractivity contribution < 1.29 is 14.6 Å². The highest BCUT2D eigenvalue weighted by Crippen LogP contribution is 2.26. The summed E-state index contributed by atoms with van der Waals surface area (Å²) in [6.45, 7) is 1.52. The number of carbonyl (C=O) groups is 1. The van der Waals surface area contributed by atoms with Gasteiger partial charge in [-0.05, 0) is 30.7 Å². The molecule has 1 amide bonds. The summed E-state index contributed by atoms with van der Waals surface area (Å²) in [5, 5.41) is 12.5. The number of halogens is 1. The SMILES string of the molecule is Cc1ccccc1NC(=O)COc1cccc(Cl)c1CO. The second kappa shape index (κ2) is 7.11. The van der Waals surface area contributed by atoms with E-state index < -0.39 is 0 Å². The topological polar surface area (TPSA) is 58.6 Å². The van der Waals surface area contributed by atoms with Gasteiger partial charge in [0.2, 0.25) is 0 Å². The standard InChI is InChI=1S/C16H16ClNO3/c1-11-5-2-3-7-14(11)18-16(20)10-21-15-8-4-6-13(17)12(15)9-19/h2-8,19H,9-10H2,1H3,(H,18,20). The molecular formula is C16H16ClNO3. The minimum Gasteiger partial charge on any atom is -0.483 e. The third-order valence-corrected chi connectivity index (χ3v) is 3.37. The van der Waals surface area contributed by atoms with E-state index in [4.69, 9.17) is 16.3 Å². The van der Waals surface area contributed by atoms with Crippen molar-refractivity contribution in [3.8, 4) is 5.75 Å². The van der Waals surface area contributed by atoms with Gasteiger partial charge >= 0.3 is 0 Å². The van der Waals surface area contributed by atoms with Gasteiger partial charge < -0.3 is 15.2 Å². The molecule has 0 saturated heterocycles. The van der Waals surface area contributed by atoms with Gasteiger partial charge in [-0.3, -0.25) is 4.79 Å². The molecule has 0 unspecified atom stereocenters. The van der Waals surface area contributed by atoms with Crippen LogP contribution in [0.2, 0.25) is 5.02 Å². The molecule has 0 saturated carbocycles. The Bertz CT molecular complexity index is 643. The van der Waals surface area contributed by atoms with Crippen LogP contribution in [0, 0.1) is 6.92 Å². The number of amides is 1. The van der Waals surface area contributed by atoms with Gasteiger partial charge in [0.05, 0.1) is 6.61 Å². The van der Waals surface area contributed by atoms with E-state index in [-0.39, 0.29) is 19.1 Å². The molecule has 2 rings (SSSR count). The minimum atomic E-state index is -0.270. The zero-order valence-corrected chi connectivity index (χ0v) is 12.4. The molecule has 0 aliphatic rings. The number of para-hydroxylation sites is 1. The van der Waals surface area contributed by atoms with Crippen LogP contribution in [-0.4, -0.2) is 17.6 Å². The predicted octanol–water partition coefficient (Wildman–Crippen LogP) is 3.16. The van der Waals surface area contributed by atoms with Crippen molar-refractivity contribution in [2.45, 2.75) is 13.5 Å². The van der Waals surface area contributed by atoms with Crippen LogP contribution in [0.4, 0.5) is 5.69 Å². The summed E-state index contributed by atoms with van der Waals surface area (Å²) in [6.07, 6.45) is 0. The smallest absolute Gasteiger partial charge is 0.262 e. The summed E-state index contributed by atoms with van der Waals surface area (Å²) in [5.74, 6) is 0.137. The molecule has 5 heteroatoms. The first kappa shape index (κ1) is 15.4. The van der Waals surface area contributed by atoms with Gasteiger partial charge in [0.15, 0.2) is 6.61 Å². The average Bonchev–Trinajstić information content (AvgIpc) is 2.47.